The molecule has 46 heavy (non-hydrogen) atoms. The number of benzene rings is 4. The number of amides is 2. The summed E-state index contributed by atoms with van der Waals surface area (Å²) in [7, 11) is -4.18. The van der Waals surface area contributed by atoms with Gasteiger partial charge in [-0.1, -0.05) is 96.9 Å². The maximum atomic E-state index is 14.6. The Morgan fingerprint density at radius 2 is 1.43 bits per heavy atom. The molecule has 0 bridgehead atoms. The highest BCUT2D eigenvalue weighted by molar-refractivity contribution is 7.92. The van der Waals surface area contributed by atoms with Crippen molar-refractivity contribution in [1.29, 1.82) is 0 Å². The van der Waals surface area contributed by atoms with Crippen molar-refractivity contribution in [2.45, 2.75) is 63.6 Å². The summed E-state index contributed by atoms with van der Waals surface area (Å²) in [6.07, 6.45) is 0.959. The van der Waals surface area contributed by atoms with Crippen LogP contribution < -0.4 is 9.62 Å². The van der Waals surface area contributed by atoms with E-state index in [0.29, 0.717) is 21.3 Å². The topological polar surface area (TPSA) is 86.8 Å². The van der Waals surface area contributed by atoms with Crippen LogP contribution in [0.25, 0.3) is 0 Å². The summed E-state index contributed by atoms with van der Waals surface area (Å²) < 4.78 is 29.3. The van der Waals surface area contributed by atoms with Gasteiger partial charge in [0.2, 0.25) is 11.8 Å². The Morgan fingerprint density at radius 3 is 2.00 bits per heavy atom. The molecular formula is C36H39Cl2N3O4S. The molecule has 7 nitrogen and oxygen atoms in total. The number of nitrogens with zero attached hydrogens (tertiary/aromatic N) is 2. The maximum Gasteiger partial charge on any atom is 0.264 e. The monoisotopic (exact) mass is 679 g/mol. The van der Waals surface area contributed by atoms with Crippen LogP contribution in [0.5, 0.6) is 0 Å². The van der Waals surface area contributed by atoms with Gasteiger partial charge < -0.3 is 10.2 Å². The number of hydrogen-bond donors (Lipinski definition) is 1. The molecule has 0 unspecified atom stereocenters. The van der Waals surface area contributed by atoms with Gasteiger partial charge in [-0.25, -0.2) is 8.42 Å². The molecule has 0 radical (unpaired) electrons. The number of aryl methyl sites for hydroxylation is 1. The van der Waals surface area contributed by atoms with Crippen LogP contribution in [0.1, 0.15) is 44.4 Å². The smallest absolute Gasteiger partial charge is 0.264 e. The van der Waals surface area contributed by atoms with E-state index in [4.69, 9.17) is 23.2 Å². The Hall–Kier alpha value is -3.85. The van der Waals surface area contributed by atoms with Crippen LogP contribution in [0, 0.1) is 0 Å². The van der Waals surface area contributed by atoms with Crippen molar-refractivity contribution in [3.63, 3.8) is 0 Å². The number of halogens is 2. The molecule has 0 aliphatic rings. The number of carbonyl (C=O) groups is 2. The summed E-state index contributed by atoms with van der Waals surface area (Å²) in [5.41, 5.74) is 2.15. The van der Waals surface area contributed by atoms with Crippen molar-refractivity contribution in [2.75, 3.05) is 10.8 Å². The Labute approximate surface area is 282 Å². The van der Waals surface area contributed by atoms with Gasteiger partial charge in [-0.15, -0.1) is 0 Å². The second-order valence-corrected chi connectivity index (χ2v) is 14.8. The molecule has 1 atom stereocenters. The van der Waals surface area contributed by atoms with E-state index in [9.17, 15) is 18.0 Å². The van der Waals surface area contributed by atoms with Crippen molar-refractivity contribution < 1.29 is 18.0 Å². The molecule has 0 spiro atoms. The zero-order valence-corrected chi connectivity index (χ0v) is 28.7. The first-order chi connectivity index (χ1) is 21.8. The minimum absolute atomic E-state index is 0.0426. The molecule has 2 amide bonds. The Balaban J connectivity index is 1.83. The molecule has 0 aliphatic carbocycles. The normalized spacial score (nSPS) is 12.3. The molecule has 0 aromatic heterocycles. The third-order valence-corrected chi connectivity index (χ3v) is 9.74. The van der Waals surface area contributed by atoms with Gasteiger partial charge in [-0.3, -0.25) is 13.9 Å². The first-order valence-corrected chi connectivity index (χ1v) is 17.2. The molecule has 1 N–H and O–H groups in total. The fraction of sp³-hybridized carbons (Fsp3) is 0.278. The Bertz CT molecular complexity index is 1740. The zero-order chi connectivity index (χ0) is 33.5. The summed E-state index contributed by atoms with van der Waals surface area (Å²) >= 11 is 12.8. The van der Waals surface area contributed by atoms with Gasteiger partial charge >= 0.3 is 0 Å². The lowest BCUT2D eigenvalue weighted by atomic mass is 10.0. The number of nitrogens with one attached hydrogen (secondary N) is 1. The molecule has 0 heterocycles. The highest BCUT2D eigenvalue weighted by Gasteiger charge is 2.36. The average Bonchev–Trinajstić information content (AvgIpc) is 3.02. The van der Waals surface area contributed by atoms with Crippen LogP contribution in [0.15, 0.2) is 108 Å². The minimum atomic E-state index is -4.18. The van der Waals surface area contributed by atoms with E-state index in [-0.39, 0.29) is 23.8 Å². The van der Waals surface area contributed by atoms with E-state index in [1.807, 2.05) is 70.2 Å². The predicted octanol–water partition coefficient (Wildman–Crippen LogP) is 7.31. The Kier molecular flexibility index (Phi) is 11.5. The van der Waals surface area contributed by atoms with Crippen molar-refractivity contribution in [1.82, 2.24) is 10.2 Å². The quantitative estimate of drug-likeness (QED) is 0.170. The number of anilines is 1. The highest BCUT2D eigenvalue weighted by atomic mass is 35.5. The van der Waals surface area contributed by atoms with E-state index < -0.39 is 34.1 Å². The fourth-order valence-electron chi connectivity index (χ4n) is 4.99. The van der Waals surface area contributed by atoms with E-state index in [1.54, 1.807) is 48.5 Å². The SMILES string of the molecule is CCc1ccc(N(CC(=O)N(Cc2ccc(Cl)cc2Cl)[C@@H](Cc2ccccc2)C(=O)NC(C)(C)C)S(=O)(=O)c2ccccc2)cc1. The lowest BCUT2D eigenvalue weighted by Crippen LogP contribution is -2.56. The third-order valence-electron chi connectivity index (χ3n) is 7.37. The van der Waals surface area contributed by atoms with Gasteiger partial charge in [-0.05, 0) is 80.3 Å². The van der Waals surface area contributed by atoms with Gasteiger partial charge in [0, 0.05) is 28.5 Å². The van der Waals surface area contributed by atoms with Gasteiger partial charge in [0.25, 0.3) is 10.0 Å². The number of carbonyl (C=O) groups excluding carboxylic acids is 2. The van der Waals surface area contributed by atoms with Crippen LogP contribution in [-0.4, -0.2) is 43.3 Å². The molecule has 0 fully saturated rings. The van der Waals surface area contributed by atoms with Crippen molar-refractivity contribution in [3.8, 4) is 0 Å². The molecule has 4 aromatic rings. The van der Waals surface area contributed by atoms with Gasteiger partial charge in [0.1, 0.15) is 12.6 Å². The van der Waals surface area contributed by atoms with Crippen molar-refractivity contribution >= 4 is 50.7 Å². The van der Waals surface area contributed by atoms with Gasteiger partial charge in [-0.2, -0.15) is 0 Å². The number of sulfonamides is 1. The average molecular weight is 681 g/mol. The largest absolute Gasteiger partial charge is 0.350 e. The predicted molar refractivity (Wildman–Crippen MR) is 186 cm³/mol. The molecule has 0 saturated carbocycles. The van der Waals surface area contributed by atoms with E-state index in [2.05, 4.69) is 5.32 Å². The van der Waals surface area contributed by atoms with Crippen molar-refractivity contribution in [2.24, 2.45) is 0 Å². The number of hydrogen-bond acceptors (Lipinski definition) is 4. The number of rotatable bonds is 12. The van der Waals surface area contributed by atoms with E-state index in [1.165, 1.54) is 17.0 Å². The molecular weight excluding hydrogens is 641 g/mol. The lowest BCUT2D eigenvalue weighted by Gasteiger charge is -2.35. The van der Waals surface area contributed by atoms with Crippen LogP contribution in [0.2, 0.25) is 10.0 Å². The van der Waals surface area contributed by atoms with Crippen LogP contribution in [-0.2, 0) is 39.0 Å². The lowest BCUT2D eigenvalue weighted by molar-refractivity contribution is -0.140. The summed E-state index contributed by atoms with van der Waals surface area (Å²) in [6.45, 7) is 6.98. The van der Waals surface area contributed by atoms with Gasteiger partial charge in [0.15, 0.2) is 0 Å². The first kappa shape index (κ1) is 35.0. The van der Waals surface area contributed by atoms with Crippen molar-refractivity contribution in [3.05, 3.63) is 130 Å². The summed E-state index contributed by atoms with van der Waals surface area (Å²) in [4.78, 5) is 30.0. The van der Waals surface area contributed by atoms with Crippen LogP contribution in [0.4, 0.5) is 5.69 Å². The molecule has 242 valence electrons. The molecule has 4 rings (SSSR count). The van der Waals surface area contributed by atoms with E-state index in [0.717, 1.165) is 21.9 Å². The maximum absolute atomic E-state index is 14.6. The second-order valence-electron chi connectivity index (χ2n) is 12.0. The van der Waals surface area contributed by atoms with E-state index >= 15 is 0 Å². The second kappa shape index (κ2) is 15.2. The third kappa shape index (κ3) is 9.12. The summed E-state index contributed by atoms with van der Waals surface area (Å²) in [5, 5.41) is 3.77. The molecule has 10 heteroatoms. The summed E-state index contributed by atoms with van der Waals surface area (Å²) in [5.74, 6) is -0.949. The first-order valence-electron chi connectivity index (χ1n) is 15.0. The summed E-state index contributed by atoms with van der Waals surface area (Å²) in [6, 6.07) is 28.4. The molecule has 4 aromatic carbocycles. The minimum Gasteiger partial charge on any atom is -0.350 e. The highest BCUT2D eigenvalue weighted by Crippen LogP contribution is 2.27. The Morgan fingerprint density at radius 1 is 0.826 bits per heavy atom. The van der Waals surface area contributed by atoms with Crippen LogP contribution >= 0.6 is 23.2 Å². The zero-order valence-electron chi connectivity index (χ0n) is 26.4. The molecule has 0 aliphatic heterocycles. The standard InChI is InChI=1S/C36H39Cl2N3O4S/c1-5-26-16-20-30(21-17-26)41(46(44,45)31-14-10-7-11-15-31)25-34(42)40(24-28-18-19-29(37)23-32(28)38)33(35(43)39-36(2,3)4)22-27-12-8-6-9-13-27/h6-21,23,33H,5,22,24-25H2,1-4H3,(H,39,43)/t33-/m0/s1. The van der Waals surface area contributed by atoms with Crippen LogP contribution in [0.3, 0.4) is 0 Å². The van der Waals surface area contributed by atoms with Gasteiger partial charge in [0.05, 0.1) is 10.6 Å². The fourth-order valence-corrected chi connectivity index (χ4v) is 6.89. The molecule has 0 saturated heterocycles.